The van der Waals surface area contributed by atoms with E-state index >= 15 is 0 Å². The van der Waals surface area contributed by atoms with E-state index in [2.05, 4.69) is 9.88 Å². The number of nitrogens with zero attached hydrogens (tertiary/aromatic N) is 1. The highest BCUT2D eigenvalue weighted by molar-refractivity contribution is 7.88. The van der Waals surface area contributed by atoms with Crippen molar-refractivity contribution in [2.24, 2.45) is 0 Å². The van der Waals surface area contributed by atoms with Crippen LogP contribution in [0.15, 0.2) is 28.8 Å². The Hall–Kier alpha value is -1.86. The highest BCUT2D eigenvalue weighted by atomic mass is 32.2. The van der Waals surface area contributed by atoms with Crippen molar-refractivity contribution in [2.75, 3.05) is 5.73 Å². The van der Waals surface area contributed by atoms with Gasteiger partial charge < -0.3 is 10.3 Å². The van der Waals surface area contributed by atoms with Crippen molar-refractivity contribution < 1.29 is 12.9 Å². The second-order valence-corrected chi connectivity index (χ2v) is 6.79. The maximum absolute atomic E-state index is 12.3. The number of nitrogens with two attached hydrogens (primary N) is 1. The normalized spacial score (nSPS) is 13.3. The molecule has 1 unspecified atom stereocenters. The number of anilines is 1. The molecule has 2 rings (SSSR count). The molecule has 0 radical (unpaired) electrons. The Balaban J connectivity index is 2.17. The van der Waals surface area contributed by atoms with Crippen LogP contribution in [0, 0.1) is 13.8 Å². The molecule has 6 nitrogen and oxygen atoms in total. The van der Waals surface area contributed by atoms with Crippen LogP contribution >= 0.6 is 0 Å². The summed E-state index contributed by atoms with van der Waals surface area (Å²) in [5, 5.41) is 3.84. The summed E-state index contributed by atoms with van der Waals surface area (Å²) in [6.45, 7) is 5.31. The van der Waals surface area contributed by atoms with Gasteiger partial charge in [0.05, 0.1) is 11.4 Å². The smallest absolute Gasteiger partial charge is 0.216 e. The molecule has 0 aliphatic rings. The molecule has 114 valence electrons. The van der Waals surface area contributed by atoms with Gasteiger partial charge in [0.1, 0.15) is 5.76 Å². The summed E-state index contributed by atoms with van der Waals surface area (Å²) in [6, 6.07) is 6.51. The average molecular weight is 309 g/mol. The molecule has 0 amide bonds. The summed E-state index contributed by atoms with van der Waals surface area (Å²) in [6.07, 6.45) is 0. The minimum absolute atomic E-state index is 0.159. The molecule has 1 aromatic carbocycles. The Morgan fingerprint density at radius 2 is 2.00 bits per heavy atom. The van der Waals surface area contributed by atoms with Gasteiger partial charge in [0.2, 0.25) is 10.0 Å². The predicted octanol–water partition coefficient (Wildman–Crippen LogP) is 2.05. The highest BCUT2D eigenvalue weighted by Gasteiger charge is 2.22. The molecule has 0 bridgehead atoms. The highest BCUT2D eigenvalue weighted by Crippen LogP contribution is 2.22. The average Bonchev–Trinajstić information content (AvgIpc) is 2.71. The maximum Gasteiger partial charge on any atom is 0.216 e. The fourth-order valence-corrected chi connectivity index (χ4v) is 3.76. The molecule has 0 saturated carbocycles. The van der Waals surface area contributed by atoms with Gasteiger partial charge in [-0.2, -0.15) is 0 Å². The van der Waals surface area contributed by atoms with Crippen molar-refractivity contribution in [3.63, 3.8) is 0 Å². The Bertz CT molecular complexity index is 718. The third-order valence-electron chi connectivity index (χ3n) is 3.28. The van der Waals surface area contributed by atoms with Crippen LogP contribution in [0.3, 0.4) is 0 Å². The standard InChI is InChI=1S/C14H19N3O3S/c1-9-14(11(3)20-16-9)10(2)17-21(18,19)8-12-6-4-5-7-13(12)15/h4-7,10,17H,8,15H2,1-3H3. The van der Waals surface area contributed by atoms with Crippen molar-refractivity contribution in [1.29, 1.82) is 0 Å². The molecular formula is C14H19N3O3S. The van der Waals surface area contributed by atoms with Crippen molar-refractivity contribution in [1.82, 2.24) is 9.88 Å². The largest absolute Gasteiger partial charge is 0.398 e. The molecule has 7 heteroatoms. The van der Waals surface area contributed by atoms with Gasteiger partial charge in [-0.15, -0.1) is 0 Å². The van der Waals surface area contributed by atoms with Gasteiger partial charge in [0, 0.05) is 17.3 Å². The predicted molar refractivity (Wildman–Crippen MR) is 81.0 cm³/mol. The van der Waals surface area contributed by atoms with E-state index in [0.29, 0.717) is 22.7 Å². The Morgan fingerprint density at radius 1 is 1.33 bits per heavy atom. The number of hydrogen-bond donors (Lipinski definition) is 2. The summed E-state index contributed by atoms with van der Waals surface area (Å²) in [5.74, 6) is 0.454. The lowest BCUT2D eigenvalue weighted by Crippen LogP contribution is -2.28. The first kappa shape index (κ1) is 15.5. The van der Waals surface area contributed by atoms with E-state index in [0.717, 1.165) is 5.56 Å². The van der Waals surface area contributed by atoms with E-state index in [1.165, 1.54) is 0 Å². The van der Waals surface area contributed by atoms with Crippen molar-refractivity contribution >= 4 is 15.7 Å². The van der Waals surface area contributed by atoms with Gasteiger partial charge in [-0.1, -0.05) is 23.4 Å². The number of nitrogens with one attached hydrogen (secondary N) is 1. The van der Waals surface area contributed by atoms with Crippen LogP contribution in [-0.4, -0.2) is 13.6 Å². The lowest BCUT2D eigenvalue weighted by atomic mass is 10.1. The Morgan fingerprint density at radius 3 is 2.57 bits per heavy atom. The summed E-state index contributed by atoms with van der Waals surface area (Å²) < 4.78 is 32.2. The maximum atomic E-state index is 12.3. The van der Waals surface area contributed by atoms with Crippen LogP contribution in [0.4, 0.5) is 5.69 Å². The zero-order chi connectivity index (χ0) is 15.6. The SMILES string of the molecule is Cc1noc(C)c1C(C)NS(=O)(=O)Cc1ccccc1N. The molecule has 2 aromatic rings. The van der Waals surface area contributed by atoms with Gasteiger partial charge in [0.25, 0.3) is 0 Å². The minimum atomic E-state index is -3.52. The number of nitrogen functional groups attached to an aromatic ring is 1. The molecule has 0 saturated heterocycles. The fourth-order valence-electron chi connectivity index (χ4n) is 2.35. The number of benzene rings is 1. The van der Waals surface area contributed by atoms with E-state index in [1.54, 1.807) is 45.0 Å². The first-order valence-electron chi connectivity index (χ1n) is 6.56. The summed E-state index contributed by atoms with van der Waals surface area (Å²) in [7, 11) is -3.52. The molecule has 21 heavy (non-hydrogen) atoms. The topological polar surface area (TPSA) is 98.2 Å². The van der Waals surface area contributed by atoms with E-state index in [4.69, 9.17) is 10.3 Å². The van der Waals surface area contributed by atoms with Crippen molar-refractivity contribution in [3.8, 4) is 0 Å². The van der Waals surface area contributed by atoms with Crippen LogP contribution in [0.25, 0.3) is 0 Å². The molecule has 0 spiro atoms. The summed E-state index contributed by atoms with van der Waals surface area (Å²) >= 11 is 0. The number of para-hydroxylation sites is 1. The Labute approximate surface area is 124 Å². The monoisotopic (exact) mass is 309 g/mol. The van der Waals surface area contributed by atoms with Crippen LogP contribution in [-0.2, 0) is 15.8 Å². The van der Waals surface area contributed by atoms with Gasteiger partial charge in [-0.25, -0.2) is 13.1 Å². The molecule has 1 atom stereocenters. The van der Waals surface area contributed by atoms with E-state index in [9.17, 15) is 8.42 Å². The zero-order valence-electron chi connectivity index (χ0n) is 12.3. The molecule has 0 fully saturated rings. The first-order valence-corrected chi connectivity index (χ1v) is 8.21. The molecule has 1 heterocycles. The minimum Gasteiger partial charge on any atom is -0.398 e. The van der Waals surface area contributed by atoms with Gasteiger partial charge in [0.15, 0.2) is 0 Å². The fraction of sp³-hybridized carbons (Fsp3) is 0.357. The number of sulfonamides is 1. The molecule has 0 aliphatic heterocycles. The summed E-state index contributed by atoms with van der Waals surface area (Å²) in [5.41, 5.74) is 8.28. The molecule has 3 N–H and O–H groups in total. The van der Waals surface area contributed by atoms with Crippen LogP contribution in [0.5, 0.6) is 0 Å². The van der Waals surface area contributed by atoms with E-state index in [-0.39, 0.29) is 5.75 Å². The van der Waals surface area contributed by atoms with Gasteiger partial charge >= 0.3 is 0 Å². The van der Waals surface area contributed by atoms with E-state index < -0.39 is 16.1 Å². The third-order valence-corrected chi connectivity index (χ3v) is 4.68. The van der Waals surface area contributed by atoms with Crippen molar-refractivity contribution in [3.05, 3.63) is 46.8 Å². The first-order chi connectivity index (χ1) is 9.80. The number of aromatic nitrogens is 1. The molecule has 0 aliphatic carbocycles. The summed E-state index contributed by atoms with van der Waals surface area (Å²) in [4.78, 5) is 0. The van der Waals surface area contributed by atoms with Crippen LogP contribution < -0.4 is 10.5 Å². The lowest BCUT2D eigenvalue weighted by Gasteiger charge is -2.14. The number of rotatable bonds is 5. The lowest BCUT2D eigenvalue weighted by molar-refractivity contribution is 0.391. The van der Waals surface area contributed by atoms with Crippen molar-refractivity contribution in [2.45, 2.75) is 32.6 Å². The second kappa shape index (κ2) is 5.87. The number of aryl methyl sites for hydroxylation is 2. The third kappa shape index (κ3) is 3.62. The van der Waals surface area contributed by atoms with Crippen LogP contribution in [0.2, 0.25) is 0 Å². The van der Waals surface area contributed by atoms with E-state index in [1.807, 2.05) is 0 Å². The van der Waals surface area contributed by atoms with Gasteiger partial charge in [-0.05, 0) is 32.4 Å². The zero-order valence-corrected chi connectivity index (χ0v) is 13.1. The second-order valence-electron chi connectivity index (χ2n) is 5.04. The van der Waals surface area contributed by atoms with Crippen LogP contribution in [0.1, 0.15) is 35.5 Å². The molecule has 1 aromatic heterocycles. The Kier molecular flexibility index (Phi) is 4.34. The quantitative estimate of drug-likeness (QED) is 0.824. The van der Waals surface area contributed by atoms with Gasteiger partial charge in [-0.3, -0.25) is 0 Å². The number of hydrogen-bond acceptors (Lipinski definition) is 5. The molecular weight excluding hydrogens is 290 g/mol.